The maximum Gasteiger partial charge on any atom is 0.294 e. The van der Waals surface area contributed by atoms with Crippen molar-refractivity contribution in [3.8, 4) is 6.01 Å². The minimum atomic E-state index is 0.478. The third kappa shape index (κ3) is 3.22. The van der Waals surface area contributed by atoms with Crippen molar-refractivity contribution in [3.63, 3.8) is 0 Å². The number of H-pyrrole nitrogens is 1. The Bertz CT molecular complexity index is 897. The van der Waals surface area contributed by atoms with Gasteiger partial charge in [0.05, 0.1) is 11.0 Å². The fraction of sp³-hybridized carbons (Fsp3) is 0.0500. The number of nitrogens with zero attached hydrogens (tertiary/aromatic N) is 1. The van der Waals surface area contributed by atoms with E-state index >= 15 is 0 Å². The number of fused-ring (bicyclic) bond motifs is 1. The van der Waals surface area contributed by atoms with Crippen molar-refractivity contribution in [2.45, 2.75) is 6.61 Å². The summed E-state index contributed by atoms with van der Waals surface area (Å²) in [4.78, 5) is 7.58. The number of imidazole rings is 1. The molecule has 4 rings (SSSR count). The van der Waals surface area contributed by atoms with Crippen molar-refractivity contribution in [1.29, 1.82) is 0 Å². The Balaban J connectivity index is 1.40. The van der Waals surface area contributed by atoms with Gasteiger partial charge in [-0.25, -0.2) is 0 Å². The van der Waals surface area contributed by atoms with Crippen LogP contribution in [0.25, 0.3) is 11.0 Å². The van der Waals surface area contributed by atoms with Gasteiger partial charge in [0.15, 0.2) is 0 Å². The molecular weight excluding hydrogens is 298 g/mol. The molecule has 2 N–H and O–H groups in total. The predicted octanol–water partition coefficient (Wildman–Crippen LogP) is 4.89. The number of ether oxygens (including phenoxy) is 1. The highest BCUT2D eigenvalue weighted by molar-refractivity contribution is 5.75. The first-order valence-electron chi connectivity index (χ1n) is 7.85. The fourth-order valence-electron chi connectivity index (χ4n) is 2.52. The molecule has 3 aromatic carbocycles. The molecule has 0 bridgehead atoms. The molecule has 118 valence electrons. The van der Waals surface area contributed by atoms with Gasteiger partial charge >= 0.3 is 0 Å². The van der Waals surface area contributed by atoms with Crippen LogP contribution in [0.15, 0.2) is 78.9 Å². The highest BCUT2D eigenvalue weighted by Gasteiger charge is 2.03. The monoisotopic (exact) mass is 315 g/mol. The Hall–Kier alpha value is -3.27. The summed E-state index contributed by atoms with van der Waals surface area (Å²) >= 11 is 0. The Morgan fingerprint density at radius 3 is 2.29 bits per heavy atom. The molecule has 0 aliphatic rings. The topological polar surface area (TPSA) is 49.9 Å². The number of aromatic nitrogens is 2. The van der Waals surface area contributed by atoms with E-state index in [9.17, 15) is 0 Å². The summed E-state index contributed by atoms with van der Waals surface area (Å²) in [5.74, 6) is 0. The van der Waals surface area contributed by atoms with Gasteiger partial charge in [0, 0.05) is 11.4 Å². The van der Waals surface area contributed by atoms with E-state index in [-0.39, 0.29) is 0 Å². The second kappa shape index (κ2) is 6.46. The van der Waals surface area contributed by atoms with Crippen molar-refractivity contribution in [2.75, 3.05) is 5.32 Å². The van der Waals surface area contributed by atoms with Gasteiger partial charge in [-0.2, -0.15) is 4.98 Å². The second-order valence-corrected chi connectivity index (χ2v) is 5.54. The molecule has 0 unspecified atom stereocenters. The zero-order valence-corrected chi connectivity index (χ0v) is 13.1. The summed E-state index contributed by atoms with van der Waals surface area (Å²) in [6.07, 6.45) is 0. The molecule has 1 heterocycles. The maximum absolute atomic E-state index is 5.75. The lowest BCUT2D eigenvalue weighted by molar-refractivity contribution is 0.285. The van der Waals surface area contributed by atoms with Gasteiger partial charge in [-0.05, 0) is 42.0 Å². The Kier molecular flexibility index (Phi) is 3.86. The molecule has 0 atom stereocenters. The third-order valence-electron chi connectivity index (χ3n) is 3.76. The largest absolute Gasteiger partial charge is 0.460 e. The van der Waals surface area contributed by atoms with Crippen molar-refractivity contribution in [3.05, 3.63) is 84.4 Å². The van der Waals surface area contributed by atoms with Crippen LogP contribution >= 0.6 is 0 Å². The third-order valence-corrected chi connectivity index (χ3v) is 3.76. The predicted molar refractivity (Wildman–Crippen MR) is 96.6 cm³/mol. The number of para-hydroxylation sites is 3. The van der Waals surface area contributed by atoms with E-state index in [1.807, 2.05) is 78.9 Å². The molecule has 4 nitrogen and oxygen atoms in total. The highest BCUT2D eigenvalue weighted by atomic mass is 16.5. The molecule has 0 saturated heterocycles. The Labute approximate surface area is 140 Å². The molecule has 0 amide bonds. The van der Waals surface area contributed by atoms with Gasteiger partial charge in [-0.1, -0.05) is 42.5 Å². The molecule has 0 spiro atoms. The summed E-state index contributed by atoms with van der Waals surface area (Å²) in [7, 11) is 0. The SMILES string of the molecule is c1ccc(Nc2ccc(COc3nc4ccccc4[nH]3)cc2)cc1. The minimum Gasteiger partial charge on any atom is -0.460 e. The van der Waals surface area contributed by atoms with Crippen molar-refractivity contribution >= 4 is 22.4 Å². The van der Waals surface area contributed by atoms with E-state index in [4.69, 9.17) is 4.74 Å². The van der Waals surface area contributed by atoms with Gasteiger partial charge < -0.3 is 15.0 Å². The number of aromatic amines is 1. The summed E-state index contributed by atoms with van der Waals surface area (Å²) in [5, 5.41) is 3.36. The van der Waals surface area contributed by atoms with Crippen LogP contribution in [0.4, 0.5) is 11.4 Å². The first-order valence-corrected chi connectivity index (χ1v) is 7.85. The zero-order valence-electron chi connectivity index (χ0n) is 13.1. The van der Waals surface area contributed by atoms with Gasteiger partial charge in [-0.15, -0.1) is 0 Å². The average molecular weight is 315 g/mol. The van der Waals surface area contributed by atoms with Crippen LogP contribution < -0.4 is 10.1 Å². The molecule has 24 heavy (non-hydrogen) atoms. The molecule has 4 heteroatoms. The van der Waals surface area contributed by atoms with Crippen LogP contribution in [0.3, 0.4) is 0 Å². The van der Waals surface area contributed by atoms with Crippen LogP contribution in [0, 0.1) is 0 Å². The lowest BCUT2D eigenvalue weighted by Crippen LogP contribution is -1.97. The Morgan fingerprint density at radius 1 is 0.792 bits per heavy atom. The molecule has 1 aromatic heterocycles. The lowest BCUT2D eigenvalue weighted by Gasteiger charge is -2.07. The van der Waals surface area contributed by atoms with E-state index < -0.39 is 0 Å². The smallest absolute Gasteiger partial charge is 0.294 e. The van der Waals surface area contributed by atoms with Crippen LogP contribution in [0.1, 0.15) is 5.56 Å². The van der Waals surface area contributed by atoms with Gasteiger partial charge in [-0.3, -0.25) is 0 Å². The van der Waals surface area contributed by atoms with Crippen LogP contribution in [-0.2, 0) is 6.61 Å². The number of nitrogens with one attached hydrogen (secondary N) is 2. The van der Waals surface area contributed by atoms with Gasteiger partial charge in [0.25, 0.3) is 6.01 Å². The van der Waals surface area contributed by atoms with E-state index in [0.717, 1.165) is 28.0 Å². The number of hydrogen-bond donors (Lipinski definition) is 2. The number of rotatable bonds is 5. The van der Waals surface area contributed by atoms with Crippen molar-refractivity contribution in [2.24, 2.45) is 0 Å². The first kappa shape index (κ1) is 14.3. The lowest BCUT2D eigenvalue weighted by atomic mass is 10.2. The maximum atomic E-state index is 5.75. The fourth-order valence-corrected chi connectivity index (χ4v) is 2.52. The highest BCUT2D eigenvalue weighted by Crippen LogP contribution is 2.19. The number of anilines is 2. The van der Waals surface area contributed by atoms with Crippen LogP contribution in [0.5, 0.6) is 6.01 Å². The second-order valence-electron chi connectivity index (χ2n) is 5.54. The van der Waals surface area contributed by atoms with Gasteiger partial charge in [0.1, 0.15) is 6.61 Å². The minimum absolute atomic E-state index is 0.478. The molecular formula is C20H17N3O. The standard InChI is InChI=1S/C20H17N3O/c1-2-6-16(7-3-1)21-17-12-10-15(11-13-17)14-24-20-22-18-8-4-5-9-19(18)23-20/h1-13,21H,14H2,(H,22,23). The van der Waals surface area contributed by atoms with E-state index in [2.05, 4.69) is 15.3 Å². The number of hydrogen-bond acceptors (Lipinski definition) is 3. The van der Waals surface area contributed by atoms with Gasteiger partial charge in [0.2, 0.25) is 0 Å². The summed E-state index contributed by atoms with van der Waals surface area (Å²) in [6, 6.07) is 26.7. The van der Waals surface area contributed by atoms with Crippen LogP contribution in [-0.4, -0.2) is 9.97 Å². The van der Waals surface area contributed by atoms with E-state index in [1.165, 1.54) is 0 Å². The normalized spacial score (nSPS) is 10.7. The Morgan fingerprint density at radius 2 is 1.50 bits per heavy atom. The molecule has 0 aliphatic heterocycles. The number of benzene rings is 3. The molecule has 0 aliphatic carbocycles. The van der Waals surface area contributed by atoms with Crippen molar-refractivity contribution in [1.82, 2.24) is 9.97 Å². The van der Waals surface area contributed by atoms with E-state index in [0.29, 0.717) is 12.6 Å². The summed E-state index contributed by atoms with van der Waals surface area (Å²) < 4.78 is 5.75. The van der Waals surface area contributed by atoms with Crippen molar-refractivity contribution < 1.29 is 4.74 Å². The molecule has 4 aromatic rings. The average Bonchev–Trinajstić information content (AvgIpc) is 3.05. The van der Waals surface area contributed by atoms with E-state index in [1.54, 1.807) is 0 Å². The summed E-state index contributed by atoms with van der Waals surface area (Å²) in [5.41, 5.74) is 5.11. The first-order chi connectivity index (χ1) is 11.9. The molecule has 0 radical (unpaired) electrons. The quantitative estimate of drug-likeness (QED) is 0.551. The zero-order chi connectivity index (χ0) is 16.2. The summed E-state index contributed by atoms with van der Waals surface area (Å²) in [6.45, 7) is 0.478. The molecule has 0 saturated carbocycles. The van der Waals surface area contributed by atoms with Crippen LogP contribution in [0.2, 0.25) is 0 Å². The molecule has 0 fully saturated rings.